The first-order valence-electron chi connectivity index (χ1n) is 8.82. The van der Waals surface area contributed by atoms with E-state index in [0.717, 1.165) is 47.4 Å². The normalized spacial score (nSPS) is 10.0. The van der Waals surface area contributed by atoms with Gasteiger partial charge in [-0.05, 0) is 73.2 Å². The fourth-order valence-electron chi connectivity index (χ4n) is 2.51. The lowest BCUT2D eigenvalue weighted by atomic mass is 10.2. The Morgan fingerprint density at radius 1 is 1.07 bits per heavy atom. The molecule has 0 bridgehead atoms. The van der Waals surface area contributed by atoms with Gasteiger partial charge in [0, 0.05) is 17.1 Å². The Hall–Kier alpha value is -0.690. The molecule has 158 valence electrons. The lowest BCUT2D eigenvalue weighted by molar-refractivity contribution is 0.267. The lowest BCUT2D eigenvalue weighted by Crippen LogP contribution is -2.19. The molecule has 2 N–H and O–H groups in total. The second kappa shape index (κ2) is 15.2. The Morgan fingerprint density at radius 3 is 2.50 bits per heavy atom. The number of ether oxygens (including phenoxy) is 2. The zero-order valence-electron chi connectivity index (χ0n) is 16.1. The molecule has 0 saturated carbocycles. The van der Waals surface area contributed by atoms with Crippen LogP contribution in [0.3, 0.4) is 0 Å². The topological polar surface area (TPSA) is 42.5 Å². The molecule has 0 aliphatic carbocycles. The summed E-state index contributed by atoms with van der Waals surface area (Å²) in [5, 5.41) is 7.29. The molecule has 2 aromatic rings. The summed E-state index contributed by atoms with van der Waals surface area (Å²) in [5.74, 6) is 1.44. The van der Waals surface area contributed by atoms with Crippen molar-refractivity contribution in [2.24, 2.45) is 0 Å². The summed E-state index contributed by atoms with van der Waals surface area (Å²) in [6.45, 7) is 5.69. The summed E-state index contributed by atoms with van der Waals surface area (Å²) >= 11 is 9.83. The van der Waals surface area contributed by atoms with E-state index in [1.807, 2.05) is 44.3 Å². The quantitative estimate of drug-likeness (QED) is 0.382. The minimum absolute atomic E-state index is 0. The van der Waals surface area contributed by atoms with Crippen molar-refractivity contribution < 1.29 is 9.47 Å². The number of nitrogens with one attached hydrogen (secondary N) is 2. The zero-order valence-corrected chi connectivity index (χ0v) is 20.1. The molecule has 0 amide bonds. The van der Waals surface area contributed by atoms with E-state index in [1.165, 1.54) is 0 Å². The van der Waals surface area contributed by atoms with Crippen LogP contribution < -0.4 is 20.1 Å². The van der Waals surface area contributed by atoms with Gasteiger partial charge < -0.3 is 20.1 Å². The second-order valence-corrected chi connectivity index (χ2v) is 7.11. The fourth-order valence-corrected chi connectivity index (χ4v) is 3.31. The van der Waals surface area contributed by atoms with Crippen LogP contribution in [-0.4, -0.2) is 26.7 Å². The maximum atomic E-state index is 6.21. The number of halogens is 4. The number of rotatable bonds is 11. The Labute approximate surface area is 193 Å². The third-order valence-corrected chi connectivity index (χ3v) is 4.77. The van der Waals surface area contributed by atoms with Crippen LogP contribution in [0.5, 0.6) is 11.5 Å². The highest BCUT2D eigenvalue weighted by Gasteiger charge is 2.13. The highest BCUT2D eigenvalue weighted by Crippen LogP contribution is 2.37. The first kappa shape index (κ1) is 27.3. The average molecular weight is 515 g/mol. The molecule has 28 heavy (non-hydrogen) atoms. The first-order valence-corrected chi connectivity index (χ1v) is 9.99. The summed E-state index contributed by atoms with van der Waals surface area (Å²) in [4.78, 5) is 0. The molecule has 0 aliphatic rings. The van der Waals surface area contributed by atoms with Crippen molar-refractivity contribution in [1.29, 1.82) is 0 Å². The summed E-state index contributed by atoms with van der Waals surface area (Å²) in [6, 6.07) is 11.8. The van der Waals surface area contributed by atoms with E-state index in [9.17, 15) is 0 Å². The third-order valence-electron chi connectivity index (χ3n) is 3.81. The molecule has 2 aromatic carbocycles. The average Bonchev–Trinajstić information content (AvgIpc) is 2.62. The van der Waals surface area contributed by atoms with Gasteiger partial charge in [-0.15, -0.1) is 24.8 Å². The van der Waals surface area contributed by atoms with Crippen LogP contribution in [0.2, 0.25) is 5.02 Å². The molecule has 0 atom stereocenters. The smallest absolute Gasteiger partial charge is 0.175 e. The van der Waals surface area contributed by atoms with Gasteiger partial charge in [0.05, 0.1) is 11.1 Å². The summed E-state index contributed by atoms with van der Waals surface area (Å²) in [7, 11) is 1.97. The van der Waals surface area contributed by atoms with Gasteiger partial charge in [-0.1, -0.05) is 29.8 Å². The van der Waals surface area contributed by atoms with Gasteiger partial charge in [-0.3, -0.25) is 0 Å². The Kier molecular flexibility index (Phi) is 14.8. The fraction of sp³-hybridized carbons (Fsp3) is 0.400. The van der Waals surface area contributed by atoms with Crippen molar-refractivity contribution in [3.05, 3.63) is 57.0 Å². The number of hydrogen-bond donors (Lipinski definition) is 2. The zero-order chi connectivity index (χ0) is 18.8. The van der Waals surface area contributed by atoms with Crippen molar-refractivity contribution in [2.75, 3.05) is 26.7 Å². The number of hydrogen-bond acceptors (Lipinski definition) is 4. The van der Waals surface area contributed by atoms with Crippen molar-refractivity contribution in [3.8, 4) is 11.5 Å². The van der Waals surface area contributed by atoms with Crippen molar-refractivity contribution >= 4 is 52.3 Å². The maximum absolute atomic E-state index is 6.21. The van der Waals surface area contributed by atoms with E-state index in [4.69, 9.17) is 21.1 Å². The van der Waals surface area contributed by atoms with Crippen molar-refractivity contribution in [2.45, 2.75) is 26.5 Å². The van der Waals surface area contributed by atoms with E-state index in [1.54, 1.807) is 0 Å². The van der Waals surface area contributed by atoms with E-state index < -0.39 is 0 Å². The third kappa shape index (κ3) is 8.76. The molecule has 0 fully saturated rings. The molecule has 0 spiro atoms. The van der Waals surface area contributed by atoms with Crippen molar-refractivity contribution in [1.82, 2.24) is 10.6 Å². The maximum Gasteiger partial charge on any atom is 0.175 e. The van der Waals surface area contributed by atoms with E-state index in [0.29, 0.717) is 24.0 Å². The molecule has 0 aliphatic heterocycles. The summed E-state index contributed by atoms with van der Waals surface area (Å²) < 4.78 is 12.7. The van der Waals surface area contributed by atoms with Gasteiger partial charge in [0.1, 0.15) is 6.61 Å². The van der Waals surface area contributed by atoms with Crippen molar-refractivity contribution in [3.63, 3.8) is 0 Å². The molecule has 0 aromatic heterocycles. The highest BCUT2D eigenvalue weighted by molar-refractivity contribution is 9.10. The highest BCUT2D eigenvalue weighted by atomic mass is 79.9. The van der Waals surface area contributed by atoms with Gasteiger partial charge in [0.2, 0.25) is 0 Å². The predicted octanol–water partition coefficient (Wildman–Crippen LogP) is 5.62. The van der Waals surface area contributed by atoms with Gasteiger partial charge in [-0.2, -0.15) is 0 Å². The van der Waals surface area contributed by atoms with E-state index in [2.05, 4.69) is 32.6 Å². The predicted molar refractivity (Wildman–Crippen MR) is 126 cm³/mol. The summed E-state index contributed by atoms with van der Waals surface area (Å²) in [5.41, 5.74) is 2.09. The minimum Gasteiger partial charge on any atom is -0.490 e. The Morgan fingerprint density at radius 2 is 1.82 bits per heavy atom. The molecular formula is C20H28BrCl3N2O2. The molecular weight excluding hydrogens is 486 g/mol. The van der Waals surface area contributed by atoms with Gasteiger partial charge >= 0.3 is 0 Å². The van der Waals surface area contributed by atoms with Crippen LogP contribution in [0.25, 0.3) is 0 Å². The second-order valence-electron chi connectivity index (χ2n) is 5.85. The van der Waals surface area contributed by atoms with Crippen LogP contribution in [0.15, 0.2) is 40.9 Å². The molecule has 8 heteroatoms. The Balaban J connectivity index is 0.00000364. The van der Waals surface area contributed by atoms with Crippen LogP contribution >= 0.6 is 52.3 Å². The molecule has 0 radical (unpaired) electrons. The largest absolute Gasteiger partial charge is 0.490 e. The Bertz CT molecular complexity index is 705. The van der Waals surface area contributed by atoms with E-state index in [-0.39, 0.29) is 24.8 Å². The molecule has 0 unspecified atom stereocenters. The number of benzene rings is 2. The lowest BCUT2D eigenvalue weighted by Gasteiger charge is -2.16. The minimum atomic E-state index is 0. The molecule has 2 rings (SSSR count). The van der Waals surface area contributed by atoms with Crippen LogP contribution in [0.1, 0.15) is 24.5 Å². The standard InChI is InChI=1S/C20H26BrClN2O2.2ClH/c1-3-25-19-12-15(13-24-10-6-9-23-2)11-17(21)20(19)26-14-16-7-4-5-8-18(16)22;;/h4-5,7-8,11-12,23-24H,3,6,9-10,13-14H2,1-2H3;2*1H. The van der Waals surface area contributed by atoms with Gasteiger partial charge in [-0.25, -0.2) is 0 Å². The van der Waals surface area contributed by atoms with Gasteiger partial charge in [0.25, 0.3) is 0 Å². The molecule has 4 nitrogen and oxygen atoms in total. The molecule has 0 saturated heterocycles. The van der Waals surface area contributed by atoms with Gasteiger partial charge in [0.15, 0.2) is 11.5 Å². The van der Waals surface area contributed by atoms with Crippen LogP contribution in [0.4, 0.5) is 0 Å². The van der Waals surface area contributed by atoms with Crippen LogP contribution in [0, 0.1) is 0 Å². The van der Waals surface area contributed by atoms with E-state index >= 15 is 0 Å². The SMILES string of the molecule is CCOc1cc(CNCCCNC)cc(Br)c1OCc1ccccc1Cl.Cl.Cl. The monoisotopic (exact) mass is 512 g/mol. The summed E-state index contributed by atoms with van der Waals surface area (Å²) in [6.07, 6.45) is 1.09. The first-order chi connectivity index (χ1) is 12.7. The molecule has 0 heterocycles. The van der Waals surface area contributed by atoms with Crippen LogP contribution in [-0.2, 0) is 13.2 Å².